The van der Waals surface area contributed by atoms with Gasteiger partial charge < -0.3 is 9.67 Å². The van der Waals surface area contributed by atoms with Gasteiger partial charge in [0.2, 0.25) is 5.88 Å². The third-order valence-electron chi connectivity index (χ3n) is 3.74. The Morgan fingerprint density at radius 1 is 1.40 bits per heavy atom. The molecule has 2 aromatic rings. The van der Waals surface area contributed by atoms with Gasteiger partial charge in [-0.25, -0.2) is 8.42 Å². The van der Waals surface area contributed by atoms with Crippen molar-refractivity contribution in [3.05, 3.63) is 29.8 Å². The SMILES string of the molecule is Cn1c(O)c(C=NC2CCS(=O)(=O)C2)c2ccccc21. The lowest BCUT2D eigenvalue weighted by Crippen LogP contribution is -2.07. The number of nitrogens with zero attached hydrogens (tertiary/aromatic N) is 2. The van der Waals surface area contributed by atoms with Crippen molar-refractivity contribution in [3.63, 3.8) is 0 Å². The van der Waals surface area contributed by atoms with E-state index in [0.29, 0.717) is 12.0 Å². The highest BCUT2D eigenvalue weighted by Gasteiger charge is 2.27. The lowest BCUT2D eigenvalue weighted by atomic mass is 10.2. The third kappa shape index (κ3) is 2.20. The largest absolute Gasteiger partial charge is 0.494 e. The van der Waals surface area contributed by atoms with Gasteiger partial charge in [-0.1, -0.05) is 18.2 Å². The minimum atomic E-state index is -2.93. The number of hydrogen-bond acceptors (Lipinski definition) is 4. The predicted octanol–water partition coefficient (Wildman–Crippen LogP) is 1.49. The van der Waals surface area contributed by atoms with Crippen LogP contribution < -0.4 is 0 Å². The molecule has 5 nitrogen and oxygen atoms in total. The molecule has 106 valence electrons. The molecule has 1 atom stereocenters. The molecule has 0 bridgehead atoms. The van der Waals surface area contributed by atoms with Crippen LogP contribution in [0.5, 0.6) is 5.88 Å². The van der Waals surface area contributed by atoms with Crippen LogP contribution in [0.25, 0.3) is 10.9 Å². The van der Waals surface area contributed by atoms with Crippen molar-refractivity contribution in [2.45, 2.75) is 12.5 Å². The van der Waals surface area contributed by atoms with Gasteiger partial charge in [-0.3, -0.25) is 4.99 Å². The Morgan fingerprint density at radius 2 is 2.15 bits per heavy atom. The Hall–Kier alpha value is -1.82. The van der Waals surface area contributed by atoms with E-state index in [9.17, 15) is 13.5 Å². The standard InChI is InChI=1S/C14H16N2O3S/c1-16-13-5-3-2-4-11(13)12(14(16)17)8-15-10-6-7-20(18,19)9-10/h2-5,8,10,17H,6-7,9H2,1H3. The molecule has 1 fully saturated rings. The number of aromatic hydroxyl groups is 1. The van der Waals surface area contributed by atoms with E-state index in [1.807, 2.05) is 24.3 Å². The van der Waals surface area contributed by atoms with Gasteiger partial charge in [-0.05, 0) is 12.5 Å². The maximum absolute atomic E-state index is 11.4. The van der Waals surface area contributed by atoms with E-state index >= 15 is 0 Å². The summed E-state index contributed by atoms with van der Waals surface area (Å²) in [4.78, 5) is 4.34. The molecule has 1 aromatic heterocycles. The molecular weight excluding hydrogens is 276 g/mol. The molecule has 0 spiro atoms. The first kappa shape index (κ1) is 13.2. The molecule has 3 rings (SSSR count). The average molecular weight is 292 g/mol. The first-order chi connectivity index (χ1) is 9.48. The summed E-state index contributed by atoms with van der Waals surface area (Å²) < 4.78 is 24.5. The van der Waals surface area contributed by atoms with Gasteiger partial charge in [0, 0.05) is 18.6 Å². The summed E-state index contributed by atoms with van der Waals surface area (Å²) in [5.74, 6) is 0.460. The van der Waals surface area contributed by atoms with Gasteiger partial charge in [0.05, 0.1) is 28.6 Å². The fraction of sp³-hybridized carbons (Fsp3) is 0.357. The number of sulfone groups is 1. The molecule has 1 aromatic carbocycles. The molecule has 0 radical (unpaired) electrons. The molecule has 1 aliphatic rings. The Balaban J connectivity index is 1.97. The molecule has 6 heteroatoms. The number of benzene rings is 1. The zero-order valence-electron chi connectivity index (χ0n) is 11.2. The normalized spacial score (nSPS) is 21.9. The number of para-hydroxylation sites is 1. The van der Waals surface area contributed by atoms with Gasteiger partial charge in [-0.2, -0.15) is 0 Å². The Morgan fingerprint density at radius 3 is 2.85 bits per heavy atom. The number of rotatable bonds is 2. The Kier molecular flexibility index (Phi) is 3.05. The van der Waals surface area contributed by atoms with Crippen LogP contribution in [0.3, 0.4) is 0 Å². The second kappa shape index (κ2) is 4.63. The summed E-state index contributed by atoms with van der Waals surface area (Å²) >= 11 is 0. The monoisotopic (exact) mass is 292 g/mol. The Bertz CT molecular complexity index is 790. The van der Waals surface area contributed by atoms with E-state index in [0.717, 1.165) is 10.9 Å². The van der Waals surface area contributed by atoms with E-state index in [1.165, 1.54) is 0 Å². The van der Waals surface area contributed by atoms with Gasteiger partial charge in [-0.15, -0.1) is 0 Å². The Labute approximate surface area is 117 Å². The van der Waals surface area contributed by atoms with Gasteiger partial charge >= 0.3 is 0 Å². The maximum atomic E-state index is 11.4. The van der Waals surface area contributed by atoms with Gasteiger partial charge in [0.1, 0.15) is 0 Å². The molecule has 1 N–H and O–H groups in total. The van der Waals surface area contributed by atoms with Crippen molar-refractivity contribution < 1.29 is 13.5 Å². The highest BCUT2D eigenvalue weighted by Crippen LogP contribution is 2.28. The molecule has 1 unspecified atom stereocenters. The molecule has 2 heterocycles. The van der Waals surface area contributed by atoms with E-state index in [-0.39, 0.29) is 23.4 Å². The van der Waals surface area contributed by atoms with Crippen molar-refractivity contribution in [3.8, 4) is 5.88 Å². The summed E-state index contributed by atoms with van der Waals surface area (Å²) in [5, 5.41) is 11.1. The number of fused-ring (bicyclic) bond motifs is 1. The fourth-order valence-corrected chi connectivity index (χ4v) is 4.25. The van der Waals surface area contributed by atoms with Crippen LogP contribution in [-0.4, -0.2) is 41.9 Å². The zero-order chi connectivity index (χ0) is 14.3. The van der Waals surface area contributed by atoms with Crippen molar-refractivity contribution >= 4 is 27.0 Å². The molecule has 20 heavy (non-hydrogen) atoms. The molecule has 0 amide bonds. The summed E-state index contributed by atoms with van der Waals surface area (Å²) in [5.41, 5.74) is 1.57. The van der Waals surface area contributed by atoms with E-state index in [1.54, 1.807) is 17.8 Å². The summed E-state index contributed by atoms with van der Waals surface area (Å²) in [6.45, 7) is 0. The zero-order valence-corrected chi connectivity index (χ0v) is 12.0. The number of aromatic nitrogens is 1. The summed E-state index contributed by atoms with van der Waals surface area (Å²) in [6.07, 6.45) is 2.16. The number of aryl methyl sites for hydroxylation is 1. The van der Waals surface area contributed by atoms with Crippen molar-refractivity contribution in [1.29, 1.82) is 0 Å². The second-order valence-corrected chi connectivity index (χ2v) is 7.38. The minimum Gasteiger partial charge on any atom is -0.494 e. The van der Waals surface area contributed by atoms with Crippen LogP contribution in [0, 0.1) is 0 Å². The second-order valence-electron chi connectivity index (χ2n) is 5.15. The van der Waals surface area contributed by atoms with Crippen molar-refractivity contribution in [2.24, 2.45) is 12.0 Å². The lowest BCUT2D eigenvalue weighted by molar-refractivity contribution is 0.434. The van der Waals surface area contributed by atoms with E-state index in [2.05, 4.69) is 4.99 Å². The quantitative estimate of drug-likeness (QED) is 0.852. The van der Waals surface area contributed by atoms with Crippen LogP contribution >= 0.6 is 0 Å². The maximum Gasteiger partial charge on any atom is 0.200 e. The van der Waals surface area contributed by atoms with E-state index < -0.39 is 9.84 Å². The van der Waals surface area contributed by atoms with E-state index in [4.69, 9.17) is 0 Å². The van der Waals surface area contributed by atoms with Crippen LogP contribution in [0.2, 0.25) is 0 Å². The van der Waals surface area contributed by atoms with Crippen molar-refractivity contribution in [1.82, 2.24) is 4.57 Å². The highest BCUT2D eigenvalue weighted by molar-refractivity contribution is 7.91. The minimum absolute atomic E-state index is 0.106. The highest BCUT2D eigenvalue weighted by atomic mass is 32.2. The number of aliphatic imine (C=N–C) groups is 1. The summed E-state index contributed by atoms with van der Waals surface area (Å²) in [6, 6.07) is 7.46. The molecule has 1 saturated heterocycles. The molecule has 1 aliphatic heterocycles. The van der Waals surface area contributed by atoms with Crippen LogP contribution in [0.15, 0.2) is 29.3 Å². The average Bonchev–Trinajstić information content (AvgIpc) is 2.88. The first-order valence-corrected chi connectivity index (χ1v) is 8.30. The fourth-order valence-electron chi connectivity index (χ4n) is 2.61. The van der Waals surface area contributed by atoms with Crippen molar-refractivity contribution in [2.75, 3.05) is 11.5 Å². The first-order valence-electron chi connectivity index (χ1n) is 6.48. The summed E-state index contributed by atoms with van der Waals surface area (Å²) in [7, 11) is -1.14. The molecule has 0 saturated carbocycles. The van der Waals surface area contributed by atoms with Gasteiger partial charge in [0.25, 0.3) is 0 Å². The molecule has 0 aliphatic carbocycles. The smallest absolute Gasteiger partial charge is 0.200 e. The van der Waals surface area contributed by atoms with Crippen LogP contribution in [0.4, 0.5) is 0 Å². The third-order valence-corrected chi connectivity index (χ3v) is 5.49. The van der Waals surface area contributed by atoms with Crippen LogP contribution in [-0.2, 0) is 16.9 Å². The predicted molar refractivity (Wildman–Crippen MR) is 79.2 cm³/mol. The molecular formula is C14H16N2O3S. The van der Waals surface area contributed by atoms with Crippen LogP contribution in [0.1, 0.15) is 12.0 Å². The lowest BCUT2D eigenvalue weighted by Gasteiger charge is -1.99. The topological polar surface area (TPSA) is 71.7 Å². The number of hydrogen-bond donors (Lipinski definition) is 1. The van der Waals surface area contributed by atoms with Gasteiger partial charge in [0.15, 0.2) is 9.84 Å².